The first-order chi connectivity index (χ1) is 16.1. The average Bonchev–Trinajstić information content (AvgIpc) is 3.01. The van der Waals surface area contributed by atoms with Crippen LogP contribution in [0, 0.1) is 5.92 Å². The monoisotopic (exact) mass is 485 g/mol. The van der Waals surface area contributed by atoms with E-state index in [4.69, 9.17) is 0 Å². The van der Waals surface area contributed by atoms with Crippen LogP contribution in [0.4, 0.5) is 0 Å². The predicted molar refractivity (Wildman–Crippen MR) is 128 cm³/mol. The molecule has 34 heavy (non-hydrogen) atoms. The molecule has 3 rings (SSSR count). The van der Waals surface area contributed by atoms with Crippen molar-refractivity contribution < 1.29 is 22.8 Å². The van der Waals surface area contributed by atoms with Crippen molar-refractivity contribution >= 4 is 27.7 Å². The lowest BCUT2D eigenvalue weighted by atomic mass is 10.1. The van der Waals surface area contributed by atoms with Crippen molar-refractivity contribution in [3.05, 3.63) is 65.7 Å². The second-order valence-corrected chi connectivity index (χ2v) is 10.6. The van der Waals surface area contributed by atoms with Crippen molar-refractivity contribution in [2.75, 3.05) is 19.6 Å². The van der Waals surface area contributed by atoms with Gasteiger partial charge in [-0.2, -0.15) is 0 Å². The Morgan fingerprint density at radius 3 is 2.29 bits per heavy atom. The summed E-state index contributed by atoms with van der Waals surface area (Å²) in [6.07, 6.45) is 0.330. The molecule has 1 atom stereocenters. The van der Waals surface area contributed by atoms with Gasteiger partial charge < -0.3 is 10.2 Å². The molecule has 0 aliphatic carbocycles. The Balaban J connectivity index is 1.72. The molecule has 2 aromatic rings. The van der Waals surface area contributed by atoms with Gasteiger partial charge in [-0.25, -0.2) is 12.7 Å². The molecule has 1 aliphatic heterocycles. The van der Waals surface area contributed by atoms with Gasteiger partial charge in [0.25, 0.3) is 15.9 Å². The van der Waals surface area contributed by atoms with E-state index < -0.39 is 22.0 Å². The van der Waals surface area contributed by atoms with E-state index in [0.717, 1.165) is 9.87 Å². The number of benzene rings is 2. The molecule has 2 aromatic carbocycles. The molecule has 0 fully saturated rings. The van der Waals surface area contributed by atoms with E-state index in [0.29, 0.717) is 19.5 Å². The van der Waals surface area contributed by atoms with Crippen LogP contribution in [0.25, 0.3) is 0 Å². The fourth-order valence-corrected chi connectivity index (χ4v) is 5.39. The molecule has 8 nitrogen and oxygen atoms in total. The van der Waals surface area contributed by atoms with Gasteiger partial charge in [0.15, 0.2) is 0 Å². The van der Waals surface area contributed by atoms with Gasteiger partial charge in [0.2, 0.25) is 11.8 Å². The fraction of sp³-hybridized carbons (Fsp3) is 0.400. The molecule has 0 bridgehead atoms. The van der Waals surface area contributed by atoms with Crippen LogP contribution in [0.2, 0.25) is 0 Å². The number of nitrogens with zero attached hydrogens (tertiary/aromatic N) is 2. The highest BCUT2D eigenvalue weighted by Crippen LogP contribution is 2.30. The largest absolute Gasteiger partial charge is 0.354 e. The average molecular weight is 486 g/mol. The van der Waals surface area contributed by atoms with E-state index in [1.54, 1.807) is 19.1 Å². The molecule has 0 aromatic heterocycles. The number of rotatable bonds is 10. The summed E-state index contributed by atoms with van der Waals surface area (Å²) in [5, 5.41) is 2.85. The molecule has 0 radical (unpaired) electrons. The van der Waals surface area contributed by atoms with Crippen molar-refractivity contribution in [2.24, 2.45) is 5.92 Å². The minimum absolute atomic E-state index is 0.0465. The molecule has 0 saturated heterocycles. The molecule has 0 saturated carbocycles. The number of hydrogen-bond acceptors (Lipinski definition) is 5. The summed E-state index contributed by atoms with van der Waals surface area (Å²) in [5.41, 5.74) is 1.13. The SMILES string of the molecule is CC(C)CNC(=O)[C@@H](C)N(CCc1ccccc1)C(=O)CCN1C(=O)c2ccccc2S1(=O)=O. The highest BCUT2D eigenvalue weighted by atomic mass is 32.2. The maximum Gasteiger partial charge on any atom is 0.269 e. The van der Waals surface area contributed by atoms with Crippen LogP contribution in [-0.2, 0) is 26.0 Å². The van der Waals surface area contributed by atoms with Gasteiger partial charge in [0, 0.05) is 26.1 Å². The molecule has 1 N–H and O–H groups in total. The van der Waals surface area contributed by atoms with E-state index in [1.807, 2.05) is 44.2 Å². The van der Waals surface area contributed by atoms with Crippen LogP contribution in [0.3, 0.4) is 0 Å². The molecular weight excluding hydrogens is 454 g/mol. The lowest BCUT2D eigenvalue weighted by Crippen LogP contribution is -2.50. The Morgan fingerprint density at radius 1 is 1.00 bits per heavy atom. The normalized spacial score (nSPS) is 15.2. The van der Waals surface area contributed by atoms with Crippen LogP contribution in [0.1, 0.15) is 43.1 Å². The van der Waals surface area contributed by atoms with Gasteiger partial charge >= 0.3 is 0 Å². The summed E-state index contributed by atoms with van der Waals surface area (Å²) in [5.74, 6) is -1.03. The number of carbonyl (C=O) groups excluding carboxylic acids is 3. The number of sulfonamides is 1. The minimum Gasteiger partial charge on any atom is -0.354 e. The zero-order valence-corrected chi connectivity index (χ0v) is 20.5. The molecule has 3 amide bonds. The van der Waals surface area contributed by atoms with E-state index in [2.05, 4.69) is 5.32 Å². The minimum atomic E-state index is -3.99. The van der Waals surface area contributed by atoms with Gasteiger partial charge in [-0.15, -0.1) is 0 Å². The predicted octanol–water partition coefficient (Wildman–Crippen LogP) is 2.45. The molecule has 182 valence electrons. The van der Waals surface area contributed by atoms with Crippen molar-refractivity contribution in [1.29, 1.82) is 0 Å². The van der Waals surface area contributed by atoms with Crippen molar-refractivity contribution in [3.8, 4) is 0 Å². The highest BCUT2D eigenvalue weighted by molar-refractivity contribution is 7.90. The Morgan fingerprint density at radius 2 is 1.65 bits per heavy atom. The van der Waals surface area contributed by atoms with Crippen molar-refractivity contribution in [1.82, 2.24) is 14.5 Å². The first-order valence-corrected chi connectivity index (χ1v) is 12.8. The third-order valence-electron chi connectivity index (χ3n) is 5.78. The number of carbonyl (C=O) groups is 3. The summed E-state index contributed by atoms with van der Waals surface area (Å²) in [6.45, 7) is 6.12. The first kappa shape index (κ1) is 25.4. The standard InChI is InChI=1S/C25H31N3O5S/c1-18(2)17-26-24(30)19(3)27(15-13-20-9-5-4-6-10-20)23(29)14-16-28-25(31)21-11-7-8-12-22(21)34(28,32)33/h4-12,18-19H,13-17H2,1-3H3,(H,26,30)/t19-/m1/s1. The second kappa shape index (κ2) is 10.8. The highest BCUT2D eigenvalue weighted by Gasteiger charge is 2.41. The van der Waals surface area contributed by atoms with E-state index in [1.165, 1.54) is 17.0 Å². The van der Waals surface area contributed by atoms with Gasteiger partial charge in [-0.3, -0.25) is 14.4 Å². The van der Waals surface area contributed by atoms with Gasteiger partial charge in [-0.1, -0.05) is 56.3 Å². The quantitative estimate of drug-likeness (QED) is 0.557. The lowest BCUT2D eigenvalue weighted by molar-refractivity contribution is -0.140. The van der Waals surface area contributed by atoms with Crippen molar-refractivity contribution in [3.63, 3.8) is 0 Å². The van der Waals surface area contributed by atoms with Gasteiger partial charge in [-0.05, 0) is 37.0 Å². The third kappa shape index (κ3) is 5.64. The summed E-state index contributed by atoms with van der Waals surface area (Å²) in [4.78, 5) is 40.0. The topological polar surface area (TPSA) is 104 Å². The summed E-state index contributed by atoms with van der Waals surface area (Å²) in [6, 6.07) is 14.9. The third-order valence-corrected chi connectivity index (χ3v) is 7.62. The Bertz CT molecular complexity index is 1150. The van der Waals surface area contributed by atoms with E-state index >= 15 is 0 Å². The van der Waals surface area contributed by atoms with Gasteiger partial charge in [0.1, 0.15) is 10.9 Å². The first-order valence-electron chi connectivity index (χ1n) is 11.4. The summed E-state index contributed by atoms with van der Waals surface area (Å²) in [7, 11) is -3.99. The zero-order chi connectivity index (χ0) is 24.9. The maximum atomic E-state index is 13.2. The van der Waals surface area contributed by atoms with Crippen LogP contribution < -0.4 is 5.32 Å². The Labute approximate surface area is 201 Å². The van der Waals surface area contributed by atoms with Crippen molar-refractivity contribution in [2.45, 2.75) is 44.6 Å². The van der Waals surface area contributed by atoms with Crippen LogP contribution in [-0.4, -0.2) is 61.0 Å². The summed E-state index contributed by atoms with van der Waals surface area (Å²) < 4.78 is 26.3. The lowest BCUT2D eigenvalue weighted by Gasteiger charge is -2.29. The molecule has 1 aliphatic rings. The number of hydrogen-bond donors (Lipinski definition) is 1. The Kier molecular flexibility index (Phi) is 8.09. The number of fused-ring (bicyclic) bond motifs is 1. The summed E-state index contributed by atoms with van der Waals surface area (Å²) >= 11 is 0. The maximum absolute atomic E-state index is 13.2. The van der Waals surface area contributed by atoms with E-state index in [-0.39, 0.29) is 41.2 Å². The van der Waals surface area contributed by atoms with Gasteiger partial charge in [0.05, 0.1) is 5.56 Å². The molecular formula is C25H31N3O5S. The van der Waals surface area contributed by atoms with Crippen LogP contribution in [0.15, 0.2) is 59.5 Å². The zero-order valence-electron chi connectivity index (χ0n) is 19.7. The molecule has 0 unspecified atom stereocenters. The molecule has 1 heterocycles. The number of amides is 3. The Hall–Kier alpha value is -3.20. The fourth-order valence-electron chi connectivity index (χ4n) is 3.82. The number of nitrogens with one attached hydrogen (secondary N) is 1. The van der Waals surface area contributed by atoms with Crippen LogP contribution in [0.5, 0.6) is 0 Å². The van der Waals surface area contributed by atoms with Crippen LogP contribution >= 0.6 is 0 Å². The van der Waals surface area contributed by atoms with E-state index in [9.17, 15) is 22.8 Å². The molecule has 0 spiro atoms. The molecule has 9 heteroatoms. The second-order valence-electron chi connectivity index (χ2n) is 8.77. The smallest absolute Gasteiger partial charge is 0.269 e.